The van der Waals surface area contributed by atoms with E-state index < -0.39 is 0 Å². The molecule has 2 aromatic heterocycles. The lowest BCUT2D eigenvalue weighted by Gasteiger charge is -2.49. The summed E-state index contributed by atoms with van der Waals surface area (Å²) in [5.41, 5.74) is 0.943. The van der Waals surface area contributed by atoms with Gasteiger partial charge in [0.05, 0.1) is 11.6 Å². The normalized spacial score (nSPS) is 23.2. The van der Waals surface area contributed by atoms with E-state index in [0.29, 0.717) is 12.0 Å². The number of rotatable bonds is 3. The van der Waals surface area contributed by atoms with E-state index in [4.69, 9.17) is 9.97 Å². The summed E-state index contributed by atoms with van der Waals surface area (Å²) < 4.78 is 1.86. The van der Waals surface area contributed by atoms with E-state index in [-0.39, 0.29) is 0 Å². The summed E-state index contributed by atoms with van der Waals surface area (Å²) in [6.45, 7) is 10.1. The molecule has 0 aromatic carbocycles. The lowest BCUT2D eigenvalue weighted by atomic mass is 9.97. The van der Waals surface area contributed by atoms with Crippen molar-refractivity contribution >= 4 is 16.9 Å². The zero-order valence-electron chi connectivity index (χ0n) is 15.2. The fourth-order valence-electron chi connectivity index (χ4n) is 4.02. The SMILES string of the molecule is CC(C)c1nc(N2CC(N3CCCC[C@H]3C)C2)c2cnn(C)c2n1. The number of aryl methyl sites for hydroxylation is 1. The second-order valence-corrected chi connectivity index (χ2v) is 7.71. The fraction of sp³-hybridized carbons (Fsp3) is 0.722. The van der Waals surface area contributed by atoms with Crippen molar-refractivity contribution in [2.75, 3.05) is 24.5 Å². The molecule has 0 amide bonds. The van der Waals surface area contributed by atoms with E-state index in [9.17, 15) is 0 Å². The van der Waals surface area contributed by atoms with Crippen LogP contribution in [0.4, 0.5) is 5.82 Å². The Bertz CT molecular complexity index is 730. The quantitative estimate of drug-likeness (QED) is 0.867. The van der Waals surface area contributed by atoms with Crippen molar-refractivity contribution in [2.24, 2.45) is 7.05 Å². The van der Waals surface area contributed by atoms with Crippen molar-refractivity contribution in [1.82, 2.24) is 24.6 Å². The van der Waals surface area contributed by atoms with Gasteiger partial charge >= 0.3 is 0 Å². The fourth-order valence-corrected chi connectivity index (χ4v) is 4.02. The van der Waals surface area contributed by atoms with Crippen molar-refractivity contribution in [3.8, 4) is 0 Å². The first-order valence-corrected chi connectivity index (χ1v) is 9.25. The van der Waals surface area contributed by atoms with Gasteiger partial charge in [0.25, 0.3) is 0 Å². The first-order chi connectivity index (χ1) is 11.5. The van der Waals surface area contributed by atoms with Gasteiger partial charge in [-0.3, -0.25) is 9.58 Å². The van der Waals surface area contributed by atoms with Crippen molar-refractivity contribution in [3.05, 3.63) is 12.0 Å². The summed E-state index contributed by atoms with van der Waals surface area (Å²) in [5.74, 6) is 2.30. The number of hydrogen-bond donors (Lipinski definition) is 0. The third kappa shape index (κ3) is 2.57. The van der Waals surface area contributed by atoms with Crippen molar-refractivity contribution in [1.29, 1.82) is 0 Å². The highest BCUT2D eigenvalue weighted by Gasteiger charge is 2.36. The molecule has 0 N–H and O–H groups in total. The molecular formula is C18H28N6. The molecule has 0 saturated carbocycles. The van der Waals surface area contributed by atoms with Gasteiger partial charge in [-0.05, 0) is 26.3 Å². The minimum Gasteiger partial charge on any atom is -0.353 e. The molecule has 4 rings (SSSR count). The molecule has 0 radical (unpaired) electrons. The molecule has 2 aliphatic heterocycles. The Morgan fingerprint density at radius 1 is 1.17 bits per heavy atom. The van der Waals surface area contributed by atoms with Crippen molar-refractivity contribution < 1.29 is 0 Å². The molecule has 0 unspecified atom stereocenters. The van der Waals surface area contributed by atoms with E-state index in [1.807, 2.05) is 17.9 Å². The van der Waals surface area contributed by atoms with Crippen molar-refractivity contribution in [2.45, 2.75) is 58.0 Å². The van der Waals surface area contributed by atoms with E-state index >= 15 is 0 Å². The molecule has 6 nitrogen and oxygen atoms in total. The number of anilines is 1. The third-order valence-corrected chi connectivity index (χ3v) is 5.59. The number of nitrogens with zero attached hydrogens (tertiary/aromatic N) is 6. The van der Waals surface area contributed by atoms with E-state index in [1.165, 1.54) is 25.8 Å². The Kier molecular flexibility index (Phi) is 3.95. The zero-order valence-corrected chi connectivity index (χ0v) is 15.2. The lowest BCUT2D eigenvalue weighted by Crippen LogP contribution is -2.62. The highest BCUT2D eigenvalue weighted by atomic mass is 15.4. The highest BCUT2D eigenvalue weighted by Crippen LogP contribution is 2.32. The molecule has 130 valence electrons. The van der Waals surface area contributed by atoms with E-state index in [0.717, 1.165) is 41.8 Å². The van der Waals surface area contributed by atoms with Gasteiger partial charge in [-0.2, -0.15) is 5.10 Å². The Morgan fingerprint density at radius 2 is 1.96 bits per heavy atom. The maximum atomic E-state index is 4.88. The Labute approximate surface area is 143 Å². The topological polar surface area (TPSA) is 50.1 Å². The first kappa shape index (κ1) is 15.8. The molecule has 2 aromatic rings. The molecule has 24 heavy (non-hydrogen) atoms. The largest absolute Gasteiger partial charge is 0.353 e. The van der Waals surface area contributed by atoms with Crippen LogP contribution in [0.2, 0.25) is 0 Å². The number of likely N-dealkylation sites (tertiary alicyclic amines) is 1. The maximum absolute atomic E-state index is 4.88. The number of hydrogen-bond acceptors (Lipinski definition) is 5. The van der Waals surface area contributed by atoms with E-state index in [2.05, 4.69) is 35.7 Å². The summed E-state index contributed by atoms with van der Waals surface area (Å²) >= 11 is 0. The summed E-state index contributed by atoms with van der Waals surface area (Å²) in [6, 6.07) is 1.39. The molecule has 2 saturated heterocycles. The Hall–Kier alpha value is -1.69. The molecule has 4 heterocycles. The van der Waals surface area contributed by atoms with Gasteiger partial charge in [-0.25, -0.2) is 9.97 Å². The average molecular weight is 328 g/mol. The zero-order chi connectivity index (χ0) is 16.8. The second-order valence-electron chi connectivity index (χ2n) is 7.71. The lowest BCUT2D eigenvalue weighted by molar-refractivity contribution is 0.0873. The molecule has 1 atom stereocenters. The minimum absolute atomic E-state index is 0.322. The molecule has 2 fully saturated rings. The molecule has 2 aliphatic rings. The van der Waals surface area contributed by atoms with Gasteiger partial charge in [0, 0.05) is 38.1 Å². The minimum atomic E-state index is 0.322. The van der Waals surface area contributed by atoms with Gasteiger partial charge in [-0.15, -0.1) is 0 Å². The summed E-state index contributed by atoms with van der Waals surface area (Å²) in [6.07, 6.45) is 5.98. The summed E-state index contributed by atoms with van der Waals surface area (Å²) in [5, 5.41) is 5.47. The molecule has 0 aliphatic carbocycles. The maximum Gasteiger partial charge on any atom is 0.163 e. The van der Waals surface area contributed by atoms with Gasteiger partial charge < -0.3 is 4.90 Å². The van der Waals surface area contributed by atoms with Crippen LogP contribution >= 0.6 is 0 Å². The third-order valence-electron chi connectivity index (χ3n) is 5.59. The standard InChI is InChI=1S/C18H28N6/c1-12(2)16-20-17-15(9-19-22(17)4)18(21-16)23-10-14(11-23)24-8-6-5-7-13(24)3/h9,12-14H,5-8,10-11H2,1-4H3/t13-/m1/s1. The Balaban J connectivity index is 1.59. The van der Waals surface area contributed by atoms with Crippen LogP contribution in [0.3, 0.4) is 0 Å². The number of fused-ring (bicyclic) bond motifs is 1. The average Bonchev–Trinajstić information content (AvgIpc) is 2.89. The summed E-state index contributed by atoms with van der Waals surface area (Å²) in [7, 11) is 1.96. The summed E-state index contributed by atoms with van der Waals surface area (Å²) in [4.78, 5) is 14.7. The van der Waals surface area contributed by atoms with Gasteiger partial charge in [0.15, 0.2) is 5.65 Å². The van der Waals surface area contributed by atoms with Gasteiger partial charge in [0.2, 0.25) is 0 Å². The van der Waals surface area contributed by atoms with E-state index in [1.54, 1.807) is 0 Å². The molecule has 0 spiro atoms. The van der Waals surface area contributed by atoms with Crippen LogP contribution in [0, 0.1) is 0 Å². The second kappa shape index (κ2) is 5.99. The van der Waals surface area contributed by atoms with Crippen molar-refractivity contribution in [3.63, 3.8) is 0 Å². The Morgan fingerprint density at radius 3 is 2.67 bits per heavy atom. The van der Waals surface area contributed by atoms with Crippen LogP contribution in [0.15, 0.2) is 6.20 Å². The van der Waals surface area contributed by atoms with Crippen LogP contribution in [0.5, 0.6) is 0 Å². The molecule has 0 bridgehead atoms. The van der Waals surface area contributed by atoms with Gasteiger partial charge in [0.1, 0.15) is 11.6 Å². The number of aromatic nitrogens is 4. The molecular weight excluding hydrogens is 300 g/mol. The van der Waals surface area contributed by atoms with Crippen LogP contribution in [0.1, 0.15) is 51.8 Å². The van der Waals surface area contributed by atoms with Crippen LogP contribution < -0.4 is 4.90 Å². The van der Waals surface area contributed by atoms with Crippen LogP contribution in [0.25, 0.3) is 11.0 Å². The smallest absolute Gasteiger partial charge is 0.163 e. The highest BCUT2D eigenvalue weighted by molar-refractivity contribution is 5.87. The van der Waals surface area contributed by atoms with Gasteiger partial charge in [-0.1, -0.05) is 20.3 Å². The predicted molar refractivity (Wildman–Crippen MR) is 96.4 cm³/mol. The van der Waals surface area contributed by atoms with Crippen LogP contribution in [-0.4, -0.2) is 56.4 Å². The monoisotopic (exact) mass is 328 g/mol. The first-order valence-electron chi connectivity index (χ1n) is 9.25. The number of piperidine rings is 1. The van der Waals surface area contributed by atoms with Crippen LogP contribution in [-0.2, 0) is 7.05 Å². The predicted octanol–water partition coefficient (Wildman–Crippen LogP) is 2.55. The molecule has 6 heteroatoms.